The number of benzene rings is 1. The maximum absolute atomic E-state index is 13.7. The zero-order valence-electron chi connectivity index (χ0n) is 9.51. The Bertz CT molecular complexity index is 545. The van der Waals surface area contributed by atoms with Crippen LogP contribution in [0.5, 0.6) is 0 Å². The molecule has 0 amide bonds. The smallest absolute Gasteiger partial charge is 0.246 e. The molecular weight excluding hydrogens is 281 g/mol. The molecule has 0 aliphatic heterocycles. The van der Waals surface area contributed by atoms with Gasteiger partial charge in [-0.1, -0.05) is 11.6 Å². The molecule has 0 heterocycles. The third-order valence-corrected chi connectivity index (χ3v) is 4.98. The lowest BCUT2D eigenvalue weighted by Crippen LogP contribution is -2.35. The Hall–Kier alpha value is -0.690. The number of hydrogen-bond acceptors (Lipinski definition) is 3. The van der Waals surface area contributed by atoms with Gasteiger partial charge in [-0.15, -0.1) is 0 Å². The van der Waals surface area contributed by atoms with Crippen molar-refractivity contribution in [1.29, 1.82) is 0 Å². The van der Waals surface area contributed by atoms with Crippen LogP contribution >= 0.6 is 11.6 Å². The van der Waals surface area contributed by atoms with Crippen molar-refractivity contribution in [3.63, 3.8) is 0 Å². The highest BCUT2D eigenvalue weighted by molar-refractivity contribution is 7.89. The Morgan fingerprint density at radius 1 is 1.44 bits per heavy atom. The highest BCUT2D eigenvalue weighted by Gasteiger charge is 2.38. The van der Waals surface area contributed by atoms with E-state index >= 15 is 0 Å². The molecule has 0 bridgehead atoms. The average Bonchev–Trinajstić information content (AvgIpc) is 3.08. The van der Waals surface area contributed by atoms with E-state index < -0.39 is 20.7 Å². The molecule has 0 radical (unpaired) electrons. The van der Waals surface area contributed by atoms with Crippen LogP contribution < -0.4 is 0 Å². The molecule has 0 aromatic heterocycles. The Labute approximate surface area is 110 Å². The predicted octanol–water partition coefficient (Wildman–Crippen LogP) is 1.62. The van der Waals surface area contributed by atoms with Gasteiger partial charge in [0.2, 0.25) is 10.0 Å². The van der Waals surface area contributed by atoms with Gasteiger partial charge < -0.3 is 5.11 Å². The van der Waals surface area contributed by atoms with E-state index in [0.29, 0.717) is 0 Å². The maximum Gasteiger partial charge on any atom is 0.246 e. The first kappa shape index (κ1) is 13.7. The number of nitrogens with zero attached hydrogens (tertiary/aromatic N) is 1. The highest BCUT2D eigenvalue weighted by Crippen LogP contribution is 2.32. The fourth-order valence-corrected chi connectivity index (χ4v) is 3.65. The molecule has 1 fully saturated rings. The fourth-order valence-electron chi connectivity index (χ4n) is 1.77. The molecule has 0 unspecified atom stereocenters. The van der Waals surface area contributed by atoms with Crippen LogP contribution in [0.25, 0.3) is 0 Å². The summed E-state index contributed by atoms with van der Waals surface area (Å²) in [5.74, 6) is -0.869. The molecule has 0 atom stereocenters. The molecule has 0 spiro atoms. The first-order chi connectivity index (χ1) is 8.46. The van der Waals surface area contributed by atoms with E-state index in [1.165, 1.54) is 6.07 Å². The number of rotatable bonds is 5. The summed E-state index contributed by atoms with van der Waals surface area (Å²) in [6.07, 6.45) is 1.49. The topological polar surface area (TPSA) is 57.6 Å². The molecule has 1 N–H and O–H groups in total. The molecule has 2 rings (SSSR count). The summed E-state index contributed by atoms with van der Waals surface area (Å²) in [6, 6.07) is 3.33. The van der Waals surface area contributed by atoms with Gasteiger partial charge in [-0.3, -0.25) is 0 Å². The Morgan fingerprint density at radius 3 is 2.61 bits per heavy atom. The minimum Gasteiger partial charge on any atom is -0.395 e. The number of halogens is 2. The molecule has 1 aromatic rings. The zero-order chi connectivity index (χ0) is 13.3. The highest BCUT2D eigenvalue weighted by atomic mass is 35.5. The summed E-state index contributed by atoms with van der Waals surface area (Å²) < 4.78 is 39.4. The van der Waals surface area contributed by atoms with Crippen LogP contribution in [-0.4, -0.2) is 37.0 Å². The van der Waals surface area contributed by atoms with Gasteiger partial charge in [-0.2, -0.15) is 4.31 Å². The van der Waals surface area contributed by atoms with Gasteiger partial charge in [-0.25, -0.2) is 12.8 Å². The van der Waals surface area contributed by atoms with Gasteiger partial charge in [-0.05, 0) is 31.0 Å². The van der Waals surface area contributed by atoms with Crippen molar-refractivity contribution < 1.29 is 17.9 Å². The van der Waals surface area contributed by atoms with Crippen LogP contribution in [0.4, 0.5) is 4.39 Å². The maximum atomic E-state index is 13.7. The standard InChI is InChI=1S/C11H13ClFNO3S/c12-8-1-4-11(10(13)7-8)18(16,17)14(5-6-15)9-2-3-9/h1,4,7,9,15H,2-3,5-6H2. The largest absolute Gasteiger partial charge is 0.395 e. The minimum absolute atomic E-state index is 0.0188. The van der Waals surface area contributed by atoms with Crippen LogP contribution in [-0.2, 0) is 10.0 Å². The van der Waals surface area contributed by atoms with Crippen LogP contribution in [0.1, 0.15) is 12.8 Å². The van der Waals surface area contributed by atoms with Crippen molar-refractivity contribution in [2.75, 3.05) is 13.2 Å². The molecule has 7 heteroatoms. The molecule has 100 valence electrons. The first-order valence-electron chi connectivity index (χ1n) is 5.54. The predicted molar refractivity (Wildman–Crippen MR) is 65.4 cm³/mol. The third-order valence-electron chi connectivity index (χ3n) is 2.76. The second-order valence-electron chi connectivity index (χ2n) is 4.15. The molecule has 1 aromatic carbocycles. The number of hydrogen-bond donors (Lipinski definition) is 1. The summed E-state index contributed by atoms with van der Waals surface area (Å²) in [7, 11) is -3.91. The molecule has 4 nitrogen and oxygen atoms in total. The summed E-state index contributed by atoms with van der Waals surface area (Å²) in [6.45, 7) is -0.306. The van der Waals surface area contributed by atoms with Crippen LogP contribution in [0.15, 0.2) is 23.1 Å². The second kappa shape index (κ2) is 5.13. The quantitative estimate of drug-likeness (QED) is 0.897. The third kappa shape index (κ3) is 2.66. The van der Waals surface area contributed by atoms with E-state index in [4.69, 9.17) is 16.7 Å². The van der Waals surface area contributed by atoms with Crippen LogP contribution in [0.3, 0.4) is 0 Å². The van der Waals surface area contributed by atoms with Gasteiger partial charge in [0.1, 0.15) is 10.7 Å². The van der Waals surface area contributed by atoms with Crippen molar-refractivity contribution >= 4 is 21.6 Å². The van der Waals surface area contributed by atoms with E-state index in [-0.39, 0.29) is 24.2 Å². The molecular formula is C11H13ClFNO3S. The van der Waals surface area contributed by atoms with Crippen LogP contribution in [0, 0.1) is 5.82 Å². The second-order valence-corrected chi connectivity index (χ2v) is 6.44. The number of aliphatic hydroxyl groups excluding tert-OH is 1. The Kier molecular flexibility index (Phi) is 3.91. The van der Waals surface area contributed by atoms with Gasteiger partial charge in [0, 0.05) is 17.6 Å². The summed E-state index contributed by atoms with van der Waals surface area (Å²) in [5.41, 5.74) is 0. The fraction of sp³-hybridized carbons (Fsp3) is 0.455. The molecule has 18 heavy (non-hydrogen) atoms. The van der Waals surface area contributed by atoms with Crippen molar-refractivity contribution in [2.24, 2.45) is 0 Å². The van der Waals surface area contributed by atoms with Gasteiger partial charge >= 0.3 is 0 Å². The molecule has 1 aliphatic rings. The van der Waals surface area contributed by atoms with Crippen molar-refractivity contribution in [1.82, 2.24) is 4.31 Å². The SMILES string of the molecule is O=S(=O)(c1ccc(Cl)cc1F)N(CCO)C1CC1. The monoisotopic (exact) mass is 293 g/mol. The Balaban J connectivity index is 2.39. The first-order valence-corrected chi connectivity index (χ1v) is 7.36. The van der Waals surface area contributed by atoms with E-state index in [1.807, 2.05) is 0 Å². The number of sulfonamides is 1. The lowest BCUT2D eigenvalue weighted by Gasteiger charge is -2.21. The van der Waals surface area contributed by atoms with Crippen molar-refractivity contribution in [3.05, 3.63) is 29.0 Å². The normalized spacial score (nSPS) is 16.2. The number of aliphatic hydroxyl groups is 1. The van der Waals surface area contributed by atoms with Gasteiger partial charge in [0.25, 0.3) is 0 Å². The van der Waals surface area contributed by atoms with E-state index in [1.54, 1.807) is 0 Å². The lowest BCUT2D eigenvalue weighted by atomic mass is 10.3. The lowest BCUT2D eigenvalue weighted by molar-refractivity contribution is 0.250. The average molecular weight is 294 g/mol. The molecule has 0 saturated heterocycles. The molecule has 1 saturated carbocycles. The zero-order valence-corrected chi connectivity index (χ0v) is 11.1. The van der Waals surface area contributed by atoms with E-state index in [0.717, 1.165) is 29.3 Å². The molecule has 1 aliphatic carbocycles. The minimum atomic E-state index is -3.91. The van der Waals surface area contributed by atoms with Crippen molar-refractivity contribution in [3.8, 4) is 0 Å². The van der Waals surface area contributed by atoms with E-state index in [2.05, 4.69) is 0 Å². The Morgan fingerprint density at radius 2 is 2.11 bits per heavy atom. The summed E-state index contributed by atoms with van der Waals surface area (Å²) in [5, 5.41) is 9.06. The van der Waals surface area contributed by atoms with Gasteiger partial charge in [0.15, 0.2) is 0 Å². The summed E-state index contributed by atoms with van der Waals surface area (Å²) >= 11 is 5.59. The van der Waals surface area contributed by atoms with Gasteiger partial charge in [0.05, 0.1) is 6.61 Å². The van der Waals surface area contributed by atoms with Crippen LogP contribution in [0.2, 0.25) is 5.02 Å². The van der Waals surface area contributed by atoms with E-state index in [9.17, 15) is 12.8 Å². The van der Waals surface area contributed by atoms with Crippen molar-refractivity contribution in [2.45, 2.75) is 23.8 Å². The summed E-state index contributed by atoms with van der Waals surface area (Å²) in [4.78, 5) is -0.396.